The average molecular weight is 509 g/mol. The predicted molar refractivity (Wildman–Crippen MR) is 136 cm³/mol. The summed E-state index contributed by atoms with van der Waals surface area (Å²) in [7, 11) is 1.63. The number of likely N-dealkylation sites (tertiary alicyclic amines) is 1. The number of hydrogen-bond acceptors (Lipinski definition) is 4. The summed E-state index contributed by atoms with van der Waals surface area (Å²) in [6, 6.07) is 17.4. The van der Waals surface area contributed by atoms with Gasteiger partial charge in [-0.05, 0) is 55.2 Å². The number of carbonyl (C=O) groups excluding carboxylic acids is 1. The van der Waals surface area contributed by atoms with Crippen LogP contribution < -0.4 is 4.74 Å². The SMILES string of the molecule is COc1ccccc1[C@@H]1O[C@@H](CC(=O)N2CCC(CC(=O)O)CC2)c2cccn2-c2ccc(Cl)cc21. The second-order valence-electron chi connectivity index (χ2n) is 9.38. The summed E-state index contributed by atoms with van der Waals surface area (Å²) in [4.78, 5) is 26.3. The normalized spacial score (nSPS) is 19.8. The first-order valence-corrected chi connectivity index (χ1v) is 12.6. The molecule has 0 unspecified atom stereocenters. The number of rotatable bonds is 6. The number of nitrogens with zero attached hydrogens (tertiary/aromatic N) is 2. The lowest BCUT2D eigenvalue weighted by molar-refractivity contribution is -0.139. The van der Waals surface area contributed by atoms with Gasteiger partial charge in [0.1, 0.15) is 18.0 Å². The molecule has 1 aromatic heterocycles. The first kappa shape index (κ1) is 24.4. The number of fused-ring (bicyclic) bond motifs is 3. The molecule has 0 radical (unpaired) electrons. The molecule has 7 nitrogen and oxygen atoms in total. The maximum absolute atomic E-state index is 13.4. The molecule has 3 aromatic rings. The van der Waals surface area contributed by atoms with E-state index in [1.807, 2.05) is 65.7 Å². The number of para-hydroxylation sites is 1. The van der Waals surface area contributed by atoms with Gasteiger partial charge < -0.3 is 24.0 Å². The van der Waals surface area contributed by atoms with Crippen LogP contribution >= 0.6 is 11.6 Å². The minimum absolute atomic E-state index is 0.00397. The molecule has 1 fully saturated rings. The van der Waals surface area contributed by atoms with Crippen LogP contribution in [0.1, 0.15) is 54.7 Å². The van der Waals surface area contributed by atoms with E-state index < -0.39 is 18.2 Å². The monoisotopic (exact) mass is 508 g/mol. The predicted octanol–water partition coefficient (Wildman–Crippen LogP) is 5.40. The van der Waals surface area contributed by atoms with E-state index in [1.165, 1.54) is 0 Å². The van der Waals surface area contributed by atoms with Crippen LogP contribution in [0, 0.1) is 5.92 Å². The van der Waals surface area contributed by atoms with Crippen molar-refractivity contribution in [1.29, 1.82) is 0 Å². The van der Waals surface area contributed by atoms with Gasteiger partial charge in [-0.3, -0.25) is 9.59 Å². The molecule has 188 valence electrons. The van der Waals surface area contributed by atoms with Crippen LogP contribution in [-0.2, 0) is 14.3 Å². The minimum atomic E-state index is -0.783. The second-order valence-corrected chi connectivity index (χ2v) is 9.82. The molecule has 0 aliphatic carbocycles. The van der Waals surface area contributed by atoms with Crippen molar-refractivity contribution in [2.45, 2.75) is 37.9 Å². The van der Waals surface area contributed by atoms with Crippen LogP contribution in [0.25, 0.3) is 5.69 Å². The lowest BCUT2D eigenvalue weighted by Gasteiger charge is -2.32. The Morgan fingerprint density at radius 3 is 2.58 bits per heavy atom. The van der Waals surface area contributed by atoms with E-state index >= 15 is 0 Å². The van der Waals surface area contributed by atoms with Gasteiger partial charge in [-0.1, -0.05) is 29.8 Å². The van der Waals surface area contributed by atoms with Gasteiger partial charge in [0.15, 0.2) is 0 Å². The smallest absolute Gasteiger partial charge is 0.303 e. The maximum atomic E-state index is 13.4. The Balaban J connectivity index is 1.46. The molecule has 36 heavy (non-hydrogen) atoms. The van der Waals surface area contributed by atoms with Crippen molar-refractivity contribution < 1.29 is 24.2 Å². The summed E-state index contributed by atoms with van der Waals surface area (Å²) in [6.45, 7) is 1.13. The molecule has 2 aromatic carbocycles. The fraction of sp³-hybridized carbons (Fsp3) is 0.357. The van der Waals surface area contributed by atoms with Crippen LogP contribution in [0.4, 0.5) is 0 Å². The van der Waals surface area contributed by atoms with Crippen molar-refractivity contribution in [3.05, 3.63) is 82.6 Å². The van der Waals surface area contributed by atoms with Crippen LogP contribution in [0.3, 0.4) is 0 Å². The van der Waals surface area contributed by atoms with Crippen molar-refractivity contribution in [3.63, 3.8) is 0 Å². The van der Waals surface area contributed by atoms with E-state index in [0.29, 0.717) is 36.7 Å². The van der Waals surface area contributed by atoms with Gasteiger partial charge in [0.25, 0.3) is 0 Å². The van der Waals surface area contributed by atoms with Gasteiger partial charge in [-0.2, -0.15) is 0 Å². The molecule has 8 heteroatoms. The van der Waals surface area contributed by atoms with Crippen molar-refractivity contribution >= 4 is 23.5 Å². The highest BCUT2D eigenvalue weighted by Crippen LogP contribution is 2.44. The Hall–Kier alpha value is -3.29. The molecule has 0 saturated carbocycles. The highest BCUT2D eigenvalue weighted by Gasteiger charge is 2.34. The number of aromatic nitrogens is 1. The van der Waals surface area contributed by atoms with E-state index in [9.17, 15) is 9.59 Å². The molecule has 2 aliphatic rings. The van der Waals surface area contributed by atoms with Gasteiger partial charge >= 0.3 is 5.97 Å². The Labute approximate surface area is 215 Å². The maximum Gasteiger partial charge on any atom is 0.303 e. The van der Waals surface area contributed by atoms with Gasteiger partial charge in [0.05, 0.1) is 24.9 Å². The summed E-state index contributed by atoms with van der Waals surface area (Å²) in [5, 5.41) is 9.69. The Morgan fingerprint density at radius 2 is 1.83 bits per heavy atom. The highest BCUT2D eigenvalue weighted by molar-refractivity contribution is 6.30. The molecule has 2 aliphatic heterocycles. The molecule has 3 heterocycles. The summed E-state index contributed by atoms with van der Waals surface area (Å²) in [5.41, 5.74) is 3.60. The number of carboxylic acids is 1. The lowest BCUT2D eigenvalue weighted by Crippen LogP contribution is -2.39. The molecule has 0 bridgehead atoms. The topological polar surface area (TPSA) is 81.0 Å². The zero-order valence-corrected chi connectivity index (χ0v) is 20.9. The largest absolute Gasteiger partial charge is 0.496 e. The second kappa shape index (κ2) is 10.4. The summed E-state index contributed by atoms with van der Waals surface area (Å²) in [6.07, 6.45) is 2.73. The van der Waals surface area contributed by atoms with E-state index in [0.717, 1.165) is 22.5 Å². The Bertz CT molecular complexity index is 1260. The molecule has 1 saturated heterocycles. The van der Waals surface area contributed by atoms with E-state index in [-0.39, 0.29) is 24.7 Å². The first-order valence-electron chi connectivity index (χ1n) is 12.2. The Kier molecular flexibility index (Phi) is 7.03. The van der Waals surface area contributed by atoms with Crippen LogP contribution in [0.15, 0.2) is 60.8 Å². The number of piperidine rings is 1. The van der Waals surface area contributed by atoms with E-state index in [2.05, 4.69) is 4.57 Å². The summed E-state index contributed by atoms with van der Waals surface area (Å²) >= 11 is 6.43. The van der Waals surface area contributed by atoms with Crippen LogP contribution in [0.2, 0.25) is 5.02 Å². The highest BCUT2D eigenvalue weighted by atomic mass is 35.5. The summed E-state index contributed by atoms with van der Waals surface area (Å²) < 4.78 is 14.5. The van der Waals surface area contributed by atoms with Gasteiger partial charge in [-0.25, -0.2) is 0 Å². The average Bonchev–Trinajstić information content (AvgIpc) is 3.32. The zero-order valence-electron chi connectivity index (χ0n) is 20.1. The third-order valence-corrected chi connectivity index (χ3v) is 7.39. The lowest BCUT2D eigenvalue weighted by atomic mass is 9.93. The van der Waals surface area contributed by atoms with Crippen molar-refractivity contribution in [3.8, 4) is 11.4 Å². The molecule has 5 rings (SSSR count). The van der Waals surface area contributed by atoms with Gasteiger partial charge in [0.2, 0.25) is 5.91 Å². The van der Waals surface area contributed by atoms with Crippen LogP contribution in [0.5, 0.6) is 5.75 Å². The molecule has 1 N–H and O–H groups in total. The number of aliphatic carboxylic acids is 1. The number of carboxylic acid groups (broad SMARTS) is 1. The summed E-state index contributed by atoms with van der Waals surface area (Å²) in [5.74, 6) is 0.0383. The number of amides is 1. The Morgan fingerprint density at radius 1 is 1.06 bits per heavy atom. The van der Waals surface area contributed by atoms with Crippen molar-refractivity contribution in [1.82, 2.24) is 9.47 Å². The van der Waals surface area contributed by atoms with Gasteiger partial charge in [0, 0.05) is 41.9 Å². The first-order chi connectivity index (χ1) is 17.4. The number of methoxy groups -OCH3 is 1. The third-order valence-electron chi connectivity index (χ3n) is 7.15. The third kappa shape index (κ3) is 4.86. The molecule has 2 atom stereocenters. The van der Waals surface area contributed by atoms with E-state index in [4.69, 9.17) is 26.2 Å². The van der Waals surface area contributed by atoms with Crippen molar-refractivity contribution in [2.24, 2.45) is 5.92 Å². The standard InChI is InChI=1S/C28H29ClN2O5/c1-35-24-7-3-2-5-20(24)28-21-16-19(29)8-9-22(21)31-12-4-6-23(31)25(36-28)17-26(32)30-13-10-18(11-14-30)15-27(33)34/h2-9,12,16,18,25,28H,10-11,13-15,17H2,1H3,(H,33,34)/t25-,28-/m0/s1. The number of ether oxygens (including phenoxy) is 2. The fourth-order valence-corrected chi connectivity index (χ4v) is 5.52. The zero-order chi connectivity index (χ0) is 25.2. The molecule has 0 spiro atoms. The van der Waals surface area contributed by atoms with Gasteiger partial charge in [-0.15, -0.1) is 0 Å². The minimum Gasteiger partial charge on any atom is -0.496 e. The number of benzene rings is 2. The number of hydrogen-bond donors (Lipinski definition) is 1. The molecule has 1 amide bonds. The molecular formula is C28H29ClN2O5. The van der Waals surface area contributed by atoms with Crippen LogP contribution in [-0.4, -0.2) is 46.6 Å². The van der Waals surface area contributed by atoms with E-state index in [1.54, 1.807) is 7.11 Å². The number of halogens is 1. The fourth-order valence-electron chi connectivity index (χ4n) is 5.34. The quantitative estimate of drug-likeness (QED) is 0.482. The van der Waals surface area contributed by atoms with Crippen molar-refractivity contribution in [2.75, 3.05) is 20.2 Å². The number of carbonyl (C=O) groups is 2. The molecular weight excluding hydrogens is 480 g/mol.